The van der Waals surface area contributed by atoms with Crippen molar-refractivity contribution < 1.29 is 23.8 Å². The van der Waals surface area contributed by atoms with Gasteiger partial charge >= 0.3 is 11.9 Å². The van der Waals surface area contributed by atoms with Crippen LogP contribution >= 0.6 is 0 Å². The van der Waals surface area contributed by atoms with Crippen LogP contribution in [-0.2, 0) is 23.8 Å². The summed E-state index contributed by atoms with van der Waals surface area (Å²) in [5, 5.41) is 0. The number of carbonyl (C=O) groups excluding carboxylic acids is 2. The third-order valence-corrected chi connectivity index (χ3v) is 11.3. The van der Waals surface area contributed by atoms with Gasteiger partial charge in [-0.2, -0.15) is 0 Å². The summed E-state index contributed by atoms with van der Waals surface area (Å²) in [6, 6.07) is 0. The van der Waals surface area contributed by atoms with Crippen molar-refractivity contribution in [2.45, 2.75) is 245 Å². The Balaban J connectivity index is 4.34. The molecule has 0 radical (unpaired) electrons. The fraction of sp³-hybridized carbons (Fsp3) is 0.672. The summed E-state index contributed by atoms with van der Waals surface area (Å²) in [7, 11) is 0. The number of rotatable bonds is 49. The molecule has 0 aliphatic rings. The zero-order chi connectivity index (χ0) is 47.7. The first kappa shape index (κ1) is 62.6. The van der Waals surface area contributed by atoms with E-state index in [4.69, 9.17) is 14.2 Å². The first-order valence-electron chi connectivity index (χ1n) is 27.4. The molecule has 0 spiro atoms. The van der Waals surface area contributed by atoms with Gasteiger partial charge in [0.1, 0.15) is 6.61 Å². The maximum absolute atomic E-state index is 12.8. The molecule has 5 nitrogen and oxygen atoms in total. The highest BCUT2D eigenvalue weighted by Gasteiger charge is 2.17. The highest BCUT2D eigenvalue weighted by atomic mass is 16.6. The molecule has 0 aliphatic heterocycles. The van der Waals surface area contributed by atoms with E-state index in [9.17, 15) is 9.59 Å². The second kappa shape index (κ2) is 55.9. The molecule has 0 aromatic carbocycles. The van der Waals surface area contributed by atoms with Gasteiger partial charge in [-0.05, 0) is 116 Å². The molecule has 0 rings (SSSR count). The van der Waals surface area contributed by atoms with E-state index < -0.39 is 6.10 Å². The van der Waals surface area contributed by atoms with Gasteiger partial charge in [0, 0.05) is 19.4 Å². The van der Waals surface area contributed by atoms with E-state index in [1.54, 1.807) is 0 Å². The second-order valence-electron chi connectivity index (χ2n) is 17.7. The number of carbonyl (C=O) groups is 2. The van der Waals surface area contributed by atoms with Crippen LogP contribution in [0.2, 0.25) is 0 Å². The van der Waals surface area contributed by atoms with E-state index >= 15 is 0 Å². The Morgan fingerprint density at radius 2 is 0.697 bits per heavy atom. The van der Waals surface area contributed by atoms with Crippen LogP contribution in [0.5, 0.6) is 0 Å². The lowest BCUT2D eigenvalue weighted by Crippen LogP contribution is -2.30. The van der Waals surface area contributed by atoms with Crippen molar-refractivity contribution in [1.29, 1.82) is 0 Å². The molecule has 376 valence electrons. The van der Waals surface area contributed by atoms with Crippen molar-refractivity contribution in [2.75, 3.05) is 19.8 Å². The Bertz CT molecular complexity index is 1310. The highest BCUT2D eigenvalue weighted by Crippen LogP contribution is 2.14. The molecule has 66 heavy (non-hydrogen) atoms. The lowest BCUT2D eigenvalue weighted by molar-refractivity contribution is -0.163. The third kappa shape index (κ3) is 53.2. The molecule has 5 heteroatoms. The van der Waals surface area contributed by atoms with Gasteiger partial charge in [-0.1, -0.05) is 220 Å². The zero-order valence-corrected chi connectivity index (χ0v) is 43.2. The fourth-order valence-corrected chi connectivity index (χ4v) is 7.18. The van der Waals surface area contributed by atoms with Crippen molar-refractivity contribution in [3.8, 4) is 0 Å². The van der Waals surface area contributed by atoms with Crippen molar-refractivity contribution in [2.24, 2.45) is 0 Å². The molecule has 0 saturated carbocycles. The van der Waals surface area contributed by atoms with Crippen LogP contribution in [-0.4, -0.2) is 37.9 Å². The molecule has 0 amide bonds. The number of unbranched alkanes of at least 4 members (excludes halogenated alkanes) is 20. The predicted molar refractivity (Wildman–Crippen MR) is 288 cm³/mol. The number of hydrogen-bond donors (Lipinski definition) is 0. The first-order valence-corrected chi connectivity index (χ1v) is 27.4. The van der Waals surface area contributed by atoms with Crippen LogP contribution < -0.4 is 0 Å². The molecular weight excluding hydrogens is 813 g/mol. The van der Waals surface area contributed by atoms with Gasteiger partial charge in [0.25, 0.3) is 0 Å². The number of esters is 2. The summed E-state index contributed by atoms with van der Waals surface area (Å²) in [5.41, 5.74) is 0. The fourth-order valence-electron chi connectivity index (χ4n) is 7.18. The van der Waals surface area contributed by atoms with Gasteiger partial charge in [-0.15, -0.1) is 0 Å². The first-order chi connectivity index (χ1) is 32.6. The SMILES string of the molecule is CC/C=C\C/C=C\C/C=C\C/C=C\C/C=C\C/C=C\CCCOCC(COC(=O)CCCCCCCCCCC/C=C\C/C=C\CCCCC)OC(=O)CCCCCCC/C=C\CCCC. The normalized spacial score (nSPS) is 13.1. The van der Waals surface area contributed by atoms with Crippen LogP contribution in [0.15, 0.2) is 109 Å². The number of ether oxygens (including phenoxy) is 3. The van der Waals surface area contributed by atoms with Crippen LogP contribution in [0.3, 0.4) is 0 Å². The summed E-state index contributed by atoms with van der Waals surface area (Å²) in [5.74, 6) is -0.448. The standard InChI is InChI=1S/C61H102O5/c1-4-7-10-13-16-19-22-24-26-28-30-32-34-36-38-41-44-47-50-53-56-64-57-59(66-61(63)55-52-49-46-43-39-21-18-15-12-9-6-3)58-65-60(62)54-51-48-45-42-40-37-35-33-31-29-27-25-23-20-17-14-11-8-5-2/h7,10,15-20,24-27,30,32,36,38,44,47,59H,4-6,8-9,11-14,21-23,28-29,31,33-35,37,39-43,45-46,48-58H2,1-3H3/b10-7-,18-15-,19-16-,20-17-,26-24-,27-25-,32-30-,38-36-,47-44-. The van der Waals surface area contributed by atoms with Crippen molar-refractivity contribution in [3.63, 3.8) is 0 Å². The van der Waals surface area contributed by atoms with E-state index in [-0.39, 0.29) is 25.2 Å². The van der Waals surface area contributed by atoms with E-state index in [0.29, 0.717) is 19.4 Å². The monoisotopic (exact) mass is 915 g/mol. The summed E-state index contributed by atoms with van der Waals surface area (Å²) in [6.07, 6.45) is 76.9. The third-order valence-electron chi connectivity index (χ3n) is 11.3. The Morgan fingerprint density at radius 3 is 1.15 bits per heavy atom. The van der Waals surface area contributed by atoms with Crippen molar-refractivity contribution >= 4 is 11.9 Å². The molecule has 1 atom stereocenters. The largest absolute Gasteiger partial charge is 0.462 e. The van der Waals surface area contributed by atoms with Gasteiger partial charge in [-0.25, -0.2) is 0 Å². The molecule has 0 saturated heterocycles. The van der Waals surface area contributed by atoms with Crippen molar-refractivity contribution in [1.82, 2.24) is 0 Å². The van der Waals surface area contributed by atoms with Gasteiger partial charge in [-0.3, -0.25) is 9.59 Å². The highest BCUT2D eigenvalue weighted by molar-refractivity contribution is 5.70. The molecule has 0 aromatic rings. The quantitative estimate of drug-likeness (QED) is 0.0346. The molecule has 0 fully saturated rings. The van der Waals surface area contributed by atoms with Gasteiger partial charge in [0.05, 0.1) is 6.61 Å². The topological polar surface area (TPSA) is 61.8 Å². The summed E-state index contributed by atoms with van der Waals surface area (Å²) in [4.78, 5) is 25.4. The Kier molecular flexibility index (Phi) is 53.0. The Morgan fingerprint density at radius 1 is 0.348 bits per heavy atom. The predicted octanol–water partition coefficient (Wildman–Crippen LogP) is 18.8. The van der Waals surface area contributed by atoms with Crippen LogP contribution in [0.1, 0.15) is 239 Å². The lowest BCUT2D eigenvalue weighted by Gasteiger charge is -2.18. The molecule has 0 aliphatic carbocycles. The molecule has 1 unspecified atom stereocenters. The summed E-state index contributed by atoms with van der Waals surface area (Å²) >= 11 is 0. The maximum atomic E-state index is 12.8. The maximum Gasteiger partial charge on any atom is 0.306 e. The van der Waals surface area contributed by atoms with E-state index in [1.165, 1.54) is 103 Å². The average molecular weight is 915 g/mol. The average Bonchev–Trinajstić information content (AvgIpc) is 3.32. The number of hydrogen-bond acceptors (Lipinski definition) is 5. The molecule has 0 N–H and O–H groups in total. The molecule has 0 bridgehead atoms. The van der Waals surface area contributed by atoms with E-state index in [2.05, 4.69) is 130 Å². The van der Waals surface area contributed by atoms with Gasteiger partial charge < -0.3 is 14.2 Å². The zero-order valence-electron chi connectivity index (χ0n) is 43.2. The van der Waals surface area contributed by atoms with E-state index in [1.807, 2.05) is 0 Å². The van der Waals surface area contributed by atoms with Crippen LogP contribution in [0, 0.1) is 0 Å². The molecular formula is C61H102O5. The molecule has 0 heterocycles. The lowest BCUT2D eigenvalue weighted by atomic mass is 10.1. The van der Waals surface area contributed by atoms with E-state index in [0.717, 1.165) is 103 Å². The minimum atomic E-state index is -0.579. The number of allylic oxidation sites excluding steroid dienone is 18. The Hall–Kier alpha value is -3.44. The van der Waals surface area contributed by atoms with Crippen LogP contribution in [0.4, 0.5) is 0 Å². The van der Waals surface area contributed by atoms with Crippen molar-refractivity contribution in [3.05, 3.63) is 109 Å². The second-order valence-corrected chi connectivity index (χ2v) is 17.7. The molecule has 0 aromatic heterocycles. The minimum absolute atomic E-state index is 0.0511. The minimum Gasteiger partial charge on any atom is -0.462 e. The van der Waals surface area contributed by atoms with Crippen LogP contribution in [0.25, 0.3) is 0 Å². The Labute approximate surface area is 408 Å². The smallest absolute Gasteiger partial charge is 0.306 e. The summed E-state index contributed by atoms with van der Waals surface area (Å²) < 4.78 is 17.3. The van der Waals surface area contributed by atoms with Gasteiger partial charge in [0.2, 0.25) is 0 Å². The summed E-state index contributed by atoms with van der Waals surface area (Å²) in [6.45, 7) is 7.50. The van der Waals surface area contributed by atoms with Gasteiger partial charge in [0.15, 0.2) is 6.10 Å².